The lowest BCUT2D eigenvalue weighted by Gasteiger charge is -2.35. The number of hydrogen-bond donors (Lipinski definition) is 3. The SMILES string of the molecule is CC[C@@H](CN1CCN(C(=O)O)CC1)c1c(Cl)cnc2nc(O)[nH]c12. The molecule has 3 rings (SSSR count). The molecule has 0 spiro atoms. The molecule has 8 nitrogen and oxygen atoms in total. The van der Waals surface area contributed by atoms with Gasteiger partial charge in [0.05, 0.1) is 10.5 Å². The summed E-state index contributed by atoms with van der Waals surface area (Å²) in [5.74, 6) is 0.138. The Kier molecular flexibility index (Phi) is 4.77. The van der Waals surface area contributed by atoms with Crippen molar-refractivity contribution in [3.8, 4) is 6.01 Å². The van der Waals surface area contributed by atoms with Gasteiger partial charge in [-0.3, -0.25) is 4.90 Å². The summed E-state index contributed by atoms with van der Waals surface area (Å²) in [6.07, 6.45) is 1.55. The van der Waals surface area contributed by atoms with Crippen molar-refractivity contribution in [1.82, 2.24) is 24.8 Å². The van der Waals surface area contributed by atoms with Crippen molar-refractivity contribution < 1.29 is 15.0 Å². The predicted molar refractivity (Wildman–Crippen MR) is 89.6 cm³/mol. The van der Waals surface area contributed by atoms with Crippen LogP contribution in [-0.2, 0) is 0 Å². The lowest BCUT2D eigenvalue weighted by molar-refractivity contribution is 0.103. The number of H-pyrrole nitrogens is 1. The second-order valence-electron chi connectivity index (χ2n) is 5.95. The fourth-order valence-electron chi connectivity index (χ4n) is 3.20. The molecule has 0 radical (unpaired) electrons. The topological polar surface area (TPSA) is 106 Å². The van der Waals surface area contributed by atoms with Crippen LogP contribution in [0.2, 0.25) is 5.02 Å². The van der Waals surface area contributed by atoms with E-state index in [4.69, 9.17) is 16.7 Å². The van der Waals surface area contributed by atoms with Crippen molar-refractivity contribution in [3.63, 3.8) is 0 Å². The van der Waals surface area contributed by atoms with E-state index in [9.17, 15) is 9.90 Å². The lowest BCUT2D eigenvalue weighted by atomic mass is 9.95. The van der Waals surface area contributed by atoms with Crippen LogP contribution < -0.4 is 0 Å². The molecular weight excluding hydrogens is 334 g/mol. The first-order valence-electron chi connectivity index (χ1n) is 7.93. The number of imidazole rings is 1. The molecule has 1 atom stereocenters. The molecule has 2 aromatic rings. The van der Waals surface area contributed by atoms with Crippen LogP contribution in [0.15, 0.2) is 6.20 Å². The van der Waals surface area contributed by atoms with Crippen molar-refractivity contribution >= 4 is 28.9 Å². The summed E-state index contributed by atoms with van der Waals surface area (Å²) >= 11 is 6.37. The molecular formula is C15H20ClN5O3. The average Bonchev–Trinajstić information content (AvgIpc) is 2.94. The number of rotatable bonds is 4. The first-order valence-corrected chi connectivity index (χ1v) is 8.30. The standard InChI is InChI=1S/C15H20ClN5O3/c1-2-9(8-20-3-5-21(6-4-20)15(23)24)11-10(16)7-17-13-12(11)18-14(22)19-13/h7,9H,2-6,8H2,1H3,(H,23,24)(H2,17,18,19,22)/t9-/m0/s1. The largest absolute Gasteiger partial charge is 0.480 e. The van der Waals surface area contributed by atoms with E-state index in [-0.39, 0.29) is 11.9 Å². The van der Waals surface area contributed by atoms with Crippen LogP contribution in [0.25, 0.3) is 11.2 Å². The zero-order valence-electron chi connectivity index (χ0n) is 13.4. The van der Waals surface area contributed by atoms with Gasteiger partial charge in [-0.25, -0.2) is 9.78 Å². The third-order valence-corrected chi connectivity index (χ3v) is 4.82. The van der Waals surface area contributed by atoms with Crippen LogP contribution in [0.4, 0.5) is 4.79 Å². The average molecular weight is 354 g/mol. The number of amides is 1. The Balaban J connectivity index is 1.80. The van der Waals surface area contributed by atoms with E-state index in [1.165, 1.54) is 4.90 Å². The van der Waals surface area contributed by atoms with E-state index in [2.05, 4.69) is 26.8 Å². The van der Waals surface area contributed by atoms with Gasteiger partial charge in [0.2, 0.25) is 0 Å². The number of halogens is 1. The maximum atomic E-state index is 11.0. The Hall–Kier alpha value is -2.06. The number of carbonyl (C=O) groups is 1. The quantitative estimate of drug-likeness (QED) is 0.777. The van der Waals surface area contributed by atoms with Gasteiger partial charge in [0.25, 0.3) is 6.01 Å². The number of aromatic nitrogens is 3. The van der Waals surface area contributed by atoms with Crippen LogP contribution in [0.1, 0.15) is 24.8 Å². The number of fused-ring (bicyclic) bond motifs is 1. The molecule has 2 aromatic heterocycles. The number of hydrogen-bond acceptors (Lipinski definition) is 5. The summed E-state index contributed by atoms with van der Waals surface area (Å²) in [5, 5.41) is 19.2. The highest BCUT2D eigenvalue weighted by Gasteiger charge is 2.25. The lowest BCUT2D eigenvalue weighted by Crippen LogP contribution is -2.49. The maximum Gasteiger partial charge on any atom is 0.407 e. The number of aromatic hydroxyl groups is 1. The molecule has 3 N–H and O–H groups in total. The Morgan fingerprint density at radius 3 is 2.75 bits per heavy atom. The number of piperazine rings is 1. The van der Waals surface area contributed by atoms with Gasteiger partial charge in [-0.05, 0) is 6.42 Å². The van der Waals surface area contributed by atoms with Crippen molar-refractivity contribution in [2.45, 2.75) is 19.3 Å². The number of nitrogens with one attached hydrogen (secondary N) is 1. The monoisotopic (exact) mass is 353 g/mol. The summed E-state index contributed by atoms with van der Waals surface area (Å²) in [6, 6.07) is -0.175. The summed E-state index contributed by atoms with van der Waals surface area (Å²) in [6.45, 7) is 5.26. The van der Waals surface area contributed by atoms with E-state index >= 15 is 0 Å². The number of pyridine rings is 1. The Bertz CT molecular complexity index is 742. The zero-order chi connectivity index (χ0) is 17.3. The third kappa shape index (κ3) is 3.25. The molecule has 0 aromatic carbocycles. The van der Waals surface area contributed by atoms with E-state index < -0.39 is 6.09 Å². The van der Waals surface area contributed by atoms with Gasteiger partial charge in [-0.2, -0.15) is 4.98 Å². The minimum atomic E-state index is -0.867. The first kappa shape index (κ1) is 16.8. The smallest absolute Gasteiger partial charge is 0.407 e. The molecule has 1 saturated heterocycles. The van der Waals surface area contributed by atoms with E-state index in [1.54, 1.807) is 6.20 Å². The van der Waals surface area contributed by atoms with E-state index in [0.29, 0.717) is 42.4 Å². The summed E-state index contributed by atoms with van der Waals surface area (Å²) in [4.78, 5) is 25.6. The second kappa shape index (κ2) is 6.82. The summed E-state index contributed by atoms with van der Waals surface area (Å²) in [5.41, 5.74) is 2.01. The molecule has 1 aliphatic rings. The second-order valence-corrected chi connectivity index (χ2v) is 6.36. The molecule has 130 valence electrons. The highest BCUT2D eigenvalue weighted by atomic mass is 35.5. The van der Waals surface area contributed by atoms with Gasteiger partial charge >= 0.3 is 6.09 Å². The summed E-state index contributed by atoms with van der Waals surface area (Å²) < 4.78 is 0. The molecule has 9 heteroatoms. The fourth-order valence-corrected chi connectivity index (χ4v) is 3.49. The molecule has 1 amide bonds. The highest BCUT2D eigenvalue weighted by Crippen LogP contribution is 2.33. The van der Waals surface area contributed by atoms with Crippen molar-refractivity contribution in [2.24, 2.45) is 0 Å². The van der Waals surface area contributed by atoms with E-state index in [0.717, 1.165) is 18.5 Å². The minimum Gasteiger partial charge on any atom is -0.480 e. The fraction of sp³-hybridized carbons (Fsp3) is 0.533. The van der Waals surface area contributed by atoms with Gasteiger partial charge in [-0.1, -0.05) is 18.5 Å². The Morgan fingerprint density at radius 1 is 1.42 bits per heavy atom. The summed E-state index contributed by atoms with van der Waals surface area (Å²) in [7, 11) is 0. The zero-order valence-corrected chi connectivity index (χ0v) is 14.1. The highest BCUT2D eigenvalue weighted by molar-refractivity contribution is 6.32. The van der Waals surface area contributed by atoms with E-state index in [1.807, 2.05) is 0 Å². The van der Waals surface area contributed by atoms with Crippen LogP contribution in [0.5, 0.6) is 6.01 Å². The van der Waals surface area contributed by atoms with Gasteiger partial charge in [-0.15, -0.1) is 0 Å². The van der Waals surface area contributed by atoms with Crippen LogP contribution >= 0.6 is 11.6 Å². The predicted octanol–water partition coefficient (Wildman–Crippen LogP) is 2.11. The third-order valence-electron chi connectivity index (χ3n) is 4.52. The Morgan fingerprint density at radius 2 is 2.12 bits per heavy atom. The van der Waals surface area contributed by atoms with Gasteiger partial charge in [0.15, 0.2) is 5.65 Å². The molecule has 0 unspecified atom stereocenters. The maximum absolute atomic E-state index is 11.0. The molecule has 3 heterocycles. The first-order chi connectivity index (χ1) is 11.5. The van der Waals surface area contributed by atoms with Crippen molar-refractivity contribution in [2.75, 3.05) is 32.7 Å². The molecule has 1 aliphatic heterocycles. The van der Waals surface area contributed by atoms with Gasteiger partial charge in [0, 0.05) is 50.4 Å². The number of aromatic amines is 1. The van der Waals surface area contributed by atoms with Gasteiger partial charge < -0.3 is 20.1 Å². The molecule has 0 bridgehead atoms. The van der Waals surface area contributed by atoms with Crippen molar-refractivity contribution in [3.05, 3.63) is 16.8 Å². The minimum absolute atomic E-state index is 0.138. The molecule has 0 aliphatic carbocycles. The van der Waals surface area contributed by atoms with Crippen LogP contribution in [0, 0.1) is 0 Å². The van der Waals surface area contributed by atoms with Crippen LogP contribution in [0.3, 0.4) is 0 Å². The molecule has 0 saturated carbocycles. The number of carboxylic acid groups (broad SMARTS) is 1. The molecule has 1 fully saturated rings. The van der Waals surface area contributed by atoms with Crippen molar-refractivity contribution in [1.29, 1.82) is 0 Å². The van der Waals surface area contributed by atoms with Crippen LogP contribution in [-0.4, -0.2) is 73.8 Å². The normalized spacial score (nSPS) is 17.3. The van der Waals surface area contributed by atoms with Gasteiger partial charge in [0.1, 0.15) is 0 Å². The number of nitrogens with zero attached hydrogens (tertiary/aromatic N) is 4. The Labute approximate surface area is 144 Å². The molecule has 24 heavy (non-hydrogen) atoms.